The lowest BCUT2D eigenvalue weighted by Gasteiger charge is -2.29. The van der Waals surface area contributed by atoms with Crippen LogP contribution >= 0.6 is 0 Å². The lowest BCUT2D eigenvalue weighted by Crippen LogP contribution is -2.39. The smallest absolute Gasteiger partial charge is 0.164 e. The third-order valence-electron chi connectivity index (χ3n) is 3.89. The van der Waals surface area contributed by atoms with E-state index in [1.165, 1.54) is 12.1 Å². The molecule has 4 nitrogen and oxygen atoms in total. The van der Waals surface area contributed by atoms with Crippen LogP contribution in [0.15, 0.2) is 35.5 Å². The fourth-order valence-electron chi connectivity index (χ4n) is 2.84. The topological polar surface area (TPSA) is 40.0 Å². The maximum atomic E-state index is 13.5. The van der Waals surface area contributed by atoms with Crippen LogP contribution in [-0.2, 0) is 4.74 Å². The van der Waals surface area contributed by atoms with E-state index >= 15 is 0 Å². The molecule has 1 atom stereocenters. The highest BCUT2D eigenvalue weighted by Crippen LogP contribution is 2.31. The van der Waals surface area contributed by atoms with E-state index in [0.29, 0.717) is 37.7 Å². The van der Waals surface area contributed by atoms with Crippen LogP contribution in [0.1, 0.15) is 40.0 Å². The van der Waals surface area contributed by atoms with Gasteiger partial charge in [-0.15, -0.1) is 0 Å². The van der Waals surface area contributed by atoms with Crippen LogP contribution in [0.5, 0.6) is 11.5 Å². The van der Waals surface area contributed by atoms with E-state index in [1.807, 2.05) is 19.9 Å². The summed E-state index contributed by atoms with van der Waals surface area (Å²) in [6, 6.07) is 4.31. The predicted octanol–water partition coefficient (Wildman–Crippen LogP) is 4.54. The monoisotopic (exact) mass is 335 g/mol. The van der Waals surface area contributed by atoms with Gasteiger partial charge in [0.15, 0.2) is 11.5 Å². The Morgan fingerprint density at radius 2 is 1.92 bits per heavy atom. The standard InChI is InChI=1S/C19H26FNO3/c1-4-7-18-19(24-6-3,10-12-21-18)11-13-23-17-14-15(20)8-9-16(17)22-5-2/h8-10,12,14H,4-7,11,13H2,1-3H3. The minimum absolute atomic E-state index is 0.345. The number of aliphatic imine (C=N–C) groups is 1. The van der Waals surface area contributed by atoms with Gasteiger partial charge in [-0.3, -0.25) is 4.99 Å². The molecule has 0 fully saturated rings. The van der Waals surface area contributed by atoms with Gasteiger partial charge in [0.2, 0.25) is 0 Å². The molecule has 24 heavy (non-hydrogen) atoms. The lowest BCUT2D eigenvalue weighted by atomic mass is 9.92. The van der Waals surface area contributed by atoms with Crippen molar-refractivity contribution in [3.8, 4) is 11.5 Å². The largest absolute Gasteiger partial charge is 0.490 e. The Morgan fingerprint density at radius 3 is 2.62 bits per heavy atom. The summed E-state index contributed by atoms with van der Waals surface area (Å²) in [5.41, 5.74) is 0.517. The number of hydrogen-bond donors (Lipinski definition) is 0. The zero-order valence-corrected chi connectivity index (χ0v) is 14.7. The summed E-state index contributed by atoms with van der Waals surface area (Å²) in [7, 11) is 0. The van der Waals surface area contributed by atoms with Crippen LogP contribution in [0.2, 0.25) is 0 Å². The quantitative estimate of drug-likeness (QED) is 0.630. The van der Waals surface area contributed by atoms with Crippen molar-refractivity contribution < 1.29 is 18.6 Å². The SMILES string of the molecule is CCCC1=NC=CC1(CCOc1cc(F)ccc1OCC)OCC. The van der Waals surface area contributed by atoms with Gasteiger partial charge in [0.25, 0.3) is 0 Å². The molecule has 0 radical (unpaired) electrons. The van der Waals surface area contributed by atoms with E-state index in [2.05, 4.69) is 11.9 Å². The molecular weight excluding hydrogens is 309 g/mol. The van der Waals surface area contributed by atoms with Crippen molar-refractivity contribution in [3.63, 3.8) is 0 Å². The van der Waals surface area contributed by atoms with Gasteiger partial charge < -0.3 is 14.2 Å². The third-order valence-corrected chi connectivity index (χ3v) is 3.89. The molecule has 1 aliphatic rings. The van der Waals surface area contributed by atoms with Gasteiger partial charge in [-0.2, -0.15) is 0 Å². The van der Waals surface area contributed by atoms with Gasteiger partial charge in [0.05, 0.1) is 18.9 Å². The summed E-state index contributed by atoms with van der Waals surface area (Å²) in [6.07, 6.45) is 6.30. The van der Waals surface area contributed by atoms with Crippen LogP contribution in [0.4, 0.5) is 4.39 Å². The van der Waals surface area contributed by atoms with Gasteiger partial charge >= 0.3 is 0 Å². The maximum absolute atomic E-state index is 13.5. The number of halogens is 1. The second-order valence-corrected chi connectivity index (χ2v) is 5.59. The minimum Gasteiger partial charge on any atom is -0.490 e. The first-order valence-corrected chi connectivity index (χ1v) is 8.59. The molecule has 0 aliphatic carbocycles. The van der Waals surface area contributed by atoms with E-state index < -0.39 is 5.60 Å². The van der Waals surface area contributed by atoms with Gasteiger partial charge in [0.1, 0.15) is 11.4 Å². The van der Waals surface area contributed by atoms with Gasteiger partial charge in [-0.1, -0.05) is 13.3 Å². The molecule has 0 saturated heterocycles. The van der Waals surface area contributed by atoms with Crippen molar-refractivity contribution in [1.82, 2.24) is 0 Å². The molecule has 1 aromatic rings. The van der Waals surface area contributed by atoms with Crippen LogP contribution in [0, 0.1) is 5.82 Å². The molecule has 0 bridgehead atoms. The van der Waals surface area contributed by atoms with Crippen molar-refractivity contribution in [3.05, 3.63) is 36.3 Å². The summed E-state index contributed by atoms with van der Waals surface area (Å²) >= 11 is 0. The Morgan fingerprint density at radius 1 is 1.08 bits per heavy atom. The molecule has 0 aromatic heterocycles. The van der Waals surface area contributed by atoms with Gasteiger partial charge in [-0.25, -0.2) is 4.39 Å². The van der Waals surface area contributed by atoms with E-state index in [4.69, 9.17) is 14.2 Å². The van der Waals surface area contributed by atoms with E-state index in [9.17, 15) is 4.39 Å². The first-order valence-electron chi connectivity index (χ1n) is 8.59. The molecule has 132 valence electrons. The van der Waals surface area contributed by atoms with E-state index in [-0.39, 0.29) is 5.82 Å². The van der Waals surface area contributed by atoms with Crippen molar-refractivity contribution in [2.45, 2.75) is 45.6 Å². The summed E-state index contributed by atoms with van der Waals surface area (Å²) < 4.78 is 30.8. The number of hydrogen-bond acceptors (Lipinski definition) is 4. The molecular formula is C19H26FNO3. The third kappa shape index (κ3) is 4.35. The predicted molar refractivity (Wildman–Crippen MR) is 93.5 cm³/mol. The summed E-state index contributed by atoms with van der Waals surface area (Å²) in [5.74, 6) is 0.621. The average molecular weight is 335 g/mol. The van der Waals surface area contributed by atoms with Crippen LogP contribution < -0.4 is 9.47 Å². The van der Waals surface area contributed by atoms with Gasteiger partial charge in [0, 0.05) is 25.3 Å². The fourth-order valence-corrected chi connectivity index (χ4v) is 2.84. The molecule has 0 N–H and O–H groups in total. The fraction of sp³-hybridized carbons (Fsp3) is 0.526. The Balaban J connectivity index is 2.05. The number of ether oxygens (including phenoxy) is 3. The molecule has 1 aliphatic heterocycles. The molecule has 0 saturated carbocycles. The number of benzene rings is 1. The second kappa shape index (κ2) is 8.83. The maximum Gasteiger partial charge on any atom is 0.164 e. The highest BCUT2D eigenvalue weighted by molar-refractivity contribution is 5.96. The summed E-state index contributed by atoms with van der Waals surface area (Å²) in [5, 5.41) is 0. The lowest BCUT2D eigenvalue weighted by molar-refractivity contribution is 0.0355. The normalized spacial score (nSPS) is 19.4. The Bertz CT molecular complexity index is 600. The Labute approximate surface area is 143 Å². The zero-order chi connectivity index (χ0) is 17.4. The Kier molecular flexibility index (Phi) is 6.79. The number of rotatable bonds is 10. The van der Waals surface area contributed by atoms with E-state index in [1.54, 1.807) is 12.3 Å². The van der Waals surface area contributed by atoms with E-state index in [0.717, 1.165) is 18.6 Å². The molecule has 1 unspecified atom stereocenters. The highest BCUT2D eigenvalue weighted by Gasteiger charge is 2.36. The molecule has 5 heteroatoms. The minimum atomic E-state index is -0.510. The molecule has 2 rings (SSSR count). The van der Waals surface area contributed by atoms with Crippen molar-refractivity contribution in [2.24, 2.45) is 4.99 Å². The highest BCUT2D eigenvalue weighted by atomic mass is 19.1. The summed E-state index contributed by atoms with van der Waals surface area (Å²) in [4.78, 5) is 4.46. The van der Waals surface area contributed by atoms with Crippen molar-refractivity contribution in [1.29, 1.82) is 0 Å². The Hall–Kier alpha value is -1.88. The first kappa shape index (κ1) is 18.5. The van der Waals surface area contributed by atoms with Crippen molar-refractivity contribution >= 4 is 5.71 Å². The molecule has 1 aromatic carbocycles. The molecule has 0 amide bonds. The zero-order valence-electron chi connectivity index (χ0n) is 14.7. The molecule has 0 spiro atoms. The van der Waals surface area contributed by atoms with Crippen LogP contribution in [0.3, 0.4) is 0 Å². The summed E-state index contributed by atoms with van der Waals surface area (Å²) in [6.45, 7) is 7.45. The first-order chi connectivity index (χ1) is 11.6. The van der Waals surface area contributed by atoms with Gasteiger partial charge in [-0.05, 0) is 38.5 Å². The molecule has 1 heterocycles. The average Bonchev–Trinajstić information content (AvgIpc) is 2.94. The van der Waals surface area contributed by atoms with Crippen LogP contribution in [0.25, 0.3) is 0 Å². The van der Waals surface area contributed by atoms with Crippen molar-refractivity contribution in [2.75, 3.05) is 19.8 Å². The second-order valence-electron chi connectivity index (χ2n) is 5.59. The number of nitrogens with zero attached hydrogens (tertiary/aromatic N) is 1. The van der Waals surface area contributed by atoms with Crippen LogP contribution in [-0.4, -0.2) is 31.1 Å².